The molecule has 0 spiro atoms. The van der Waals surface area contributed by atoms with Gasteiger partial charge in [-0.3, -0.25) is 9.89 Å². The maximum atomic E-state index is 6.50. The number of guanidine groups is 1. The van der Waals surface area contributed by atoms with Gasteiger partial charge in [0, 0.05) is 42.4 Å². The fourth-order valence-corrected chi connectivity index (χ4v) is 5.28. The Hall–Kier alpha value is -0.770. The Labute approximate surface area is 209 Å². The van der Waals surface area contributed by atoms with E-state index in [0.717, 1.165) is 56.8 Å². The van der Waals surface area contributed by atoms with Crippen LogP contribution in [0.5, 0.6) is 0 Å². The van der Waals surface area contributed by atoms with Crippen molar-refractivity contribution in [3.63, 3.8) is 0 Å². The van der Waals surface area contributed by atoms with Gasteiger partial charge >= 0.3 is 0 Å². The Morgan fingerprint density at radius 3 is 2.16 bits per heavy atom. The van der Waals surface area contributed by atoms with Crippen molar-refractivity contribution in [2.45, 2.75) is 37.6 Å². The lowest BCUT2D eigenvalue weighted by Crippen LogP contribution is -2.58. The van der Waals surface area contributed by atoms with Gasteiger partial charge in [0.15, 0.2) is 5.96 Å². The Morgan fingerprint density at radius 2 is 1.55 bits per heavy atom. The second-order valence-corrected chi connectivity index (χ2v) is 9.64. The molecule has 3 saturated heterocycles. The molecule has 1 aromatic rings. The van der Waals surface area contributed by atoms with Crippen molar-refractivity contribution >= 4 is 47.2 Å². The highest BCUT2D eigenvalue weighted by Crippen LogP contribution is 2.32. The summed E-state index contributed by atoms with van der Waals surface area (Å²) in [6.45, 7) is 9.34. The molecule has 0 aliphatic carbocycles. The summed E-state index contributed by atoms with van der Waals surface area (Å²) in [5.74, 6) is 0.723. The zero-order valence-electron chi connectivity index (χ0n) is 18.8. The minimum Gasteiger partial charge on any atom is -0.370 e. The number of likely N-dealkylation sites (tertiary alicyclic amines) is 2. The Bertz CT molecular complexity index is 705. The number of anilines is 1. The normalized spacial score (nSPS) is 23.5. The predicted molar refractivity (Wildman–Crippen MR) is 142 cm³/mol. The van der Waals surface area contributed by atoms with Crippen LogP contribution in [-0.4, -0.2) is 92.1 Å². The molecule has 3 fully saturated rings. The molecule has 0 amide bonds. The standard InChI is InChI=1S/C23H37ClN6.HI/c1-27-13-9-23(10-14-27,30-11-3-2-4-12-30)19-26-22(25)29-17-15-28(16-18-29)21-7-5-20(24)6-8-21;/h5-8H,2-4,9-19H2,1H3,(H2,25,26);1H. The Morgan fingerprint density at radius 1 is 0.935 bits per heavy atom. The minimum absolute atomic E-state index is 0. The number of halogens is 2. The van der Waals surface area contributed by atoms with Crippen LogP contribution in [0.2, 0.25) is 5.02 Å². The molecular formula is C23H38ClIN6. The number of rotatable bonds is 4. The number of aliphatic imine (C=N–C) groups is 1. The number of nitrogens with zero attached hydrogens (tertiary/aromatic N) is 5. The Balaban J connectivity index is 0.00000272. The van der Waals surface area contributed by atoms with Gasteiger partial charge in [-0.15, -0.1) is 24.0 Å². The van der Waals surface area contributed by atoms with E-state index in [4.69, 9.17) is 22.3 Å². The summed E-state index contributed by atoms with van der Waals surface area (Å²) in [4.78, 5) is 14.8. The summed E-state index contributed by atoms with van der Waals surface area (Å²) in [6.07, 6.45) is 6.41. The molecule has 174 valence electrons. The summed E-state index contributed by atoms with van der Waals surface area (Å²) in [5, 5.41) is 0.783. The van der Waals surface area contributed by atoms with E-state index in [1.165, 1.54) is 50.9 Å². The number of hydrogen-bond donors (Lipinski definition) is 1. The van der Waals surface area contributed by atoms with E-state index in [-0.39, 0.29) is 29.5 Å². The number of benzene rings is 1. The second kappa shape index (κ2) is 11.4. The molecule has 0 unspecified atom stereocenters. The van der Waals surface area contributed by atoms with Crippen molar-refractivity contribution in [2.24, 2.45) is 10.7 Å². The zero-order valence-corrected chi connectivity index (χ0v) is 21.9. The molecule has 3 aliphatic heterocycles. The lowest BCUT2D eigenvalue weighted by molar-refractivity contribution is 0.0207. The molecule has 2 N–H and O–H groups in total. The molecule has 3 aliphatic rings. The summed E-state index contributed by atoms with van der Waals surface area (Å²) >= 11 is 6.02. The van der Waals surface area contributed by atoms with Gasteiger partial charge in [-0.1, -0.05) is 18.0 Å². The first-order valence-electron chi connectivity index (χ1n) is 11.5. The van der Waals surface area contributed by atoms with Crippen LogP contribution in [0.3, 0.4) is 0 Å². The van der Waals surface area contributed by atoms with Gasteiger partial charge in [-0.05, 0) is 83.2 Å². The third-order valence-electron chi connectivity index (χ3n) is 7.28. The van der Waals surface area contributed by atoms with E-state index in [0.29, 0.717) is 0 Å². The minimum atomic E-state index is 0. The number of hydrogen-bond acceptors (Lipinski definition) is 4. The van der Waals surface area contributed by atoms with Crippen molar-refractivity contribution in [3.05, 3.63) is 29.3 Å². The molecule has 4 rings (SSSR count). The number of piperidine rings is 2. The van der Waals surface area contributed by atoms with Crippen LogP contribution in [0, 0.1) is 0 Å². The molecule has 0 radical (unpaired) electrons. The van der Waals surface area contributed by atoms with Gasteiger partial charge in [0.05, 0.1) is 6.54 Å². The van der Waals surface area contributed by atoms with Crippen LogP contribution < -0.4 is 10.6 Å². The molecule has 1 aromatic carbocycles. The molecule has 31 heavy (non-hydrogen) atoms. The van der Waals surface area contributed by atoms with Crippen LogP contribution >= 0.6 is 35.6 Å². The van der Waals surface area contributed by atoms with E-state index in [1.807, 2.05) is 12.1 Å². The first-order chi connectivity index (χ1) is 14.6. The lowest BCUT2D eigenvalue weighted by atomic mass is 9.84. The molecule has 6 nitrogen and oxygen atoms in total. The van der Waals surface area contributed by atoms with E-state index < -0.39 is 0 Å². The third-order valence-corrected chi connectivity index (χ3v) is 7.53. The molecule has 0 bridgehead atoms. The fraction of sp³-hybridized carbons (Fsp3) is 0.696. The second-order valence-electron chi connectivity index (χ2n) is 9.20. The maximum Gasteiger partial charge on any atom is 0.191 e. The lowest BCUT2D eigenvalue weighted by Gasteiger charge is -2.49. The highest BCUT2D eigenvalue weighted by Gasteiger charge is 2.39. The molecule has 0 aromatic heterocycles. The Kier molecular flexibility index (Phi) is 9.13. The van der Waals surface area contributed by atoms with Gasteiger partial charge in [-0.2, -0.15) is 0 Å². The van der Waals surface area contributed by atoms with Crippen molar-refractivity contribution in [1.29, 1.82) is 0 Å². The first-order valence-corrected chi connectivity index (χ1v) is 11.9. The quantitative estimate of drug-likeness (QED) is 0.348. The average Bonchev–Trinajstić information content (AvgIpc) is 2.80. The van der Waals surface area contributed by atoms with Crippen molar-refractivity contribution in [3.8, 4) is 0 Å². The molecule has 8 heteroatoms. The maximum absolute atomic E-state index is 6.50. The van der Waals surface area contributed by atoms with Crippen LogP contribution in [0.15, 0.2) is 29.3 Å². The first kappa shape index (κ1) is 24.9. The van der Waals surface area contributed by atoms with Crippen LogP contribution in [0.4, 0.5) is 5.69 Å². The smallest absolute Gasteiger partial charge is 0.191 e. The van der Waals surface area contributed by atoms with Crippen molar-refractivity contribution in [2.75, 3.05) is 70.9 Å². The zero-order chi connectivity index (χ0) is 21.0. The van der Waals surface area contributed by atoms with Gasteiger partial charge in [0.1, 0.15) is 0 Å². The van der Waals surface area contributed by atoms with E-state index in [2.05, 4.69) is 38.8 Å². The number of nitrogens with two attached hydrogens (primary N) is 1. The summed E-state index contributed by atoms with van der Waals surface area (Å²) in [5.41, 5.74) is 7.92. The molecular weight excluding hydrogens is 523 g/mol. The summed E-state index contributed by atoms with van der Waals surface area (Å²) in [6, 6.07) is 8.11. The monoisotopic (exact) mass is 560 g/mol. The number of piperazine rings is 1. The molecule has 3 heterocycles. The fourth-order valence-electron chi connectivity index (χ4n) is 5.15. The van der Waals surface area contributed by atoms with Gasteiger partial charge in [-0.25, -0.2) is 0 Å². The highest BCUT2D eigenvalue weighted by atomic mass is 127. The van der Waals surface area contributed by atoms with Crippen LogP contribution in [-0.2, 0) is 0 Å². The van der Waals surface area contributed by atoms with Crippen molar-refractivity contribution in [1.82, 2.24) is 14.7 Å². The van der Waals surface area contributed by atoms with E-state index in [9.17, 15) is 0 Å². The van der Waals surface area contributed by atoms with Gasteiger partial charge in [0.25, 0.3) is 0 Å². The average molecular weight is 561 g/mol. The topological polar surface area (TPSA) is 51.3 Å². The largest absolute Gasteiger partial charge is 0.370 e. The SMILES string of the molecule is CN1CCC(CN=C(N)N2CCN(c3ccc(Cl)cc3)CC2)(N2CCCCC2)CC1.I. The van der Waals surface area contributed by atoms with E-state index in [1.54, 1.807) is 0 Å². The van der Waals surface area contributed by atoms with Gasteiger partial charge in [0.2, 0.25) is 0 Å². The van der Waals surface area contributed by atoms with Crippen LogP contribution in [0.25, 0.3) is 0 Å². The summed E-state index contributed by atoms with van der Waals surface area (Å²) in [7, 11) is 2.23. The molecule has 0 saturated carbocycles. The highest BCUT2D eigenvalue weighted by molar-refractivity contribution is 14.0. The predicted octanol–water partition coefficient (Wildman–Crippen LogP) is 3.35. The third kappa shape index (κ3) is 6.18. The van der Waals surface area contributed by atoms with Gasteiger partial charge < -0.3 is 20.4 Å². The van der Waals surface area contributed by atoms with Crippen LogP contribution in [0.1, 0.15) is 32.1 Å². The summed E-state index contributed by atoms with van der Waals surface area (Å²) < 4.78 is 0. The van der Waals surface area contributed by atoms with E-state index >= 15 is 0 Å². The molecule has 0 atom stereocenters. The van der Waals surface area contributed by atoms with Crippen molar-refractivity contribution < 1.29 is 0 Å².